The van der Waals surface area contributed by atoms with Gasteiger partial charge in [-0.25, -0.2) is 0 Å². The molecular formula is C27H23N3O6S. The molecule has 37 heavy (non-hydrogen) atoms. The third kappa shape index (κ3) is 5.65. The molecule has 4 rings (SSSR count). The van der Waals surface area contributed by atoms with Crippen molar-refractivity contribution in [3.05, 3.63) is 99.1 Å². The third-order valence-corrected chi connectivity index (χ3v) is 6.03. The maximum atomic E-state index is 13.3. The fraction of sp³-hybridized carbons (Fsp3) is 0.148. The second-order valence-electron chi connectivity index (χ2n) is 8.10. The van der Waals surface area contributed by atoms with Crippen LogP contribution in [0, 0.1) is 10.1 Å². The van der Waals surface area contributed by atoms with Gasteiger partial charge in [0.15, 0.2) is 16.6 Å². The topological polar surface area (TPSA) is 111 Å². The Bertz CT molecular complexity index is 1400. The van der Waals surface area contributed by atoms with Crippen LogP contribution in [0.2, 0.25) is 0 Å². The minimum Gasteiger partial charge on any atom is -0.493 e. The van der Waals surface area contributed by atoms with Gasteiger partial charge in [0.2, 0.25) is 0 Å². The number of aryl methyl sites for hydroxylation is 1. The molecule has 3 aromatic carbocycles. The summed E-state index contributed by atoms with van der Waals surface area (Å²) in [5.41, 5.74) is 2.89. The molecule has 10 heteroatoms. The number of non-ortho nitro benzene ring substituents is 1. The number of nitro groups is 1. The van der Waals surface area contributed by atoms with E-state index >= 15 is 0 Å². The van der Waals surface area contributed by atoms with Gasteiger partial charge in [-0.15, -0.1) is 0 Å². The zero-order valence-electron chi connectivity index (χ0n) is 20.1. The average molecular weight is 518 g/mol. The number of rotatable bonds is 8. The van der Waals surface area contributed by atoms with Gasteiger partial charge in [-0.05, 0) is 77.8 Å². The van der Waals surface area contributed by atoms with Gasteiger partial charge in [0.05, 0.1) is 17.7 Å². The molecule has 188 valence electrons. The molecule has 0 atom stereocenters. The minimum absolute atomic E-state index is 0.00248. The second-order valence-corrected chi connectivity index (χ2v) is 8.49. The lowest BCUT2D eigenvalue weighted by atomic mass is 10.1. The molecule has 1 aliphatic rings. The fourth-order valence-electron chi connectivity index (χ4n) is 3.71. The van der Waals surface area contributed by atoms with Crippen LogP contribution in [-0.4, -0.2) is 29.0 Å². The molecule has 0 spiro atoms. The van der Waals surface area contributed by atoms with Gasteiger partial charge < -0.3 is 9.47 Å². The zero-order valence-corrected chi connectivity index (χ0v) is 20.9. The van der Waals surface area contributed by atoms with Crippen molar-refractivity contribution in [3.63, 3.8) is 0 Å². The van der Waals surface area contributed by atoms with Crippen molar-refractivity contribution >= 4 is 46.6 Å². The number of anilines is 1. The number of carbonyl (C=O) groups excluding carboxylic acids is 2. The van der Waals surface area contributed by atoms with Gasteiger partial charge >= 0.3 is 0 Å². The van der Waals surface area contributed by atoms with Crippen LogP contribution in [0.25, 0.3) is 6.08 Å². The summed E-state index contributed by atoms with van der Waals surface area (Å²) >= 11 is 5.26. The molecule has 1 heterocycles. The molecule has 1 N–H and O–H groups in total. The Labute approximate surface area is 218 Å². The number of nitrogens with one attached hydrogen (secondary N) is 1. The number of benzene rings is 3. The third-order valence-electron chi connectivity index (χ3n) is 5.74. The van der Waals surface area contributed by atoms with Crippen molar-refractivity contribution < 1.29 is 24.0 Å². The van der Waals surface area contributed by atoms with Crippen molar-refractivity contribution in [1.29, 1.82) is 0 Å². The number of amides is 2. The predicted molar refractivity (Wildman–Crippen MR) is 142 cm³/mol. The van der Waals surface area contributed by atoms with E-state index in [0.717, 1.165) is 17.5 Å². The van der Waals surface area contributed by atoms with Crippen LogP contribution in [0.4, 0.5) is 11.4 Å². The van der Waals surface area contributed by atoms with Crippen LogP contribution in [0.15, 0.2) is 72.3 Å². The number of ether oxygens (including phenoxy) is 2. The van der Waals surface area contributed by atoms with Gasteiger partial charge in [-0.3, -0.25) is 29.9 Å². The number of methoxy groups -OCH3 is 1. The lowest BCUT2D eigenvalue weighted by molar-refractivity contribution is -0.384. The first-order valence-electron chi connectivity index (χ1n) is 11.3. The summed E-state index contributed by atoms with van der Waals surface area (Å²) in [6.07, 6.45) is 2.32. The smallest absolute Gasteiger partial charge is 0.270 e. The predicted octanol–water partition coefficient (Wildman–Crippen LogP) is 4.58. The molecule has 0 saturated carbocycles. The summed E-state index contributed by atoms with van der Waals surface area (Å²) in [4.78, 5) is 37.5. The van der Waals surface area contributed by atoms with Gasteiger partial charge in [0.1, 0.15) is 12.2 Å². The standard InChI is InChI=1S/C27H23N3O6S/c1-3-17-4-9-20(10-5-17)29-26(32)22(25(31)28-27(29)37)14-19-8-13-23(24(15-19)35-2)36-16-18-6-11-21(12-7-18)30(33)34/h4-15H,3,16H2,1-2H3,(H,28,31,37)/b22-14+. The Kier molecular flexibility index (Phi) is 7.59. The van der Waals surface area contributed by atoms with E-state index in [1.54, 1.807) is 42.5 Å². The van der Waals surface area contributed by atoms with Crippen LogP contribution in [0.3, 0.4) is 0 Å². The molecular weight excluding hydrogens is 494 g/mol. The fourth-order valence-corrected chi connectivity index (χ4v) is 3.99. The Hall–Kier alpha value is -4.57. The highest BCUT2D eigenvalue weighted by atomic mass is 32.1. The number of thiocarbonyl (C=S) groups is 1. The van der Waals surface area contributed by atoms with Crippen molar-refractivity contribution in [2.75, 3.05) is 12.0 Å². The van der Waals surface area contributed by atoms with E-state index in [0.29, 0.717) is 22.7 Å². The molecule has 0 bridgehead atoms. The Balaban J connectivity index is 1.55. The summed E-state index contributed by atoms with van der Waals surface area (Å²) in [6.45, 7) is 2.20. The van der Waals surface area contributed by atoms with Crippen LogP contribution in [0.5, 0.6) is 11.5 Å². The monoisotopic (exact) mass is 517 g/mol. The molecule has 0 radical (unpaired) electrons. The van der Waals surface area contributed by atoms with E-state index in [1.807, 2.05) is 19.1 Å². The maximum absolute atomic E-state index is 13.3. The number of nitro benzene ring substituents is 1. The van der Waals surface area contributed by atoms with Crippen LogP contribution >= 0.6 is 12.2 Å². The highest BCUT2D eigenvalue weighted by molar-refractivity contribution is 7.80. The first-order valence-corrected chi connectivity index (χ1v) is 11.8. The largest absolute Gasteiger partial charge is 0.493 e. The van der Waals surface area contributed by atoms with Crippen LogP contribution in [-0.2, 0) is 22.6 Å². The number of carbonyl (C=O) groups is 2. The summed E-state index contributed by atoms with van der Waals surface area (Å²) < 4.78 is 11.3. The number of nitrogens with zero attached hydrogens (tertiary/aromatic N) is 2. The lowest BCUT2D eigenvalue weighted by Crippen LogP contribution is -2.54. The summed E-state index contributed by atoms with van der Waals surface area (Å²) in [6, 6.07) is 18.4. The lowest BCUT2D eigenvalue weighted by Gasteiger charge is -2.29. The molecule has 0 aliphatic carbocycles. The SMILES string of the molecule is CCc1ccc(N2C(=O)/C(=C/c3ccc(OCc4ccc([N+](=O)[O-])cc4)c(OC)c3)C(=O)NC2=S)cc1. The van der Waals surface area contributed by atoms with E-state index < -0.39 is 16.7 Å². The molecule has 0 aromatic heterocycles. The first kappa shape index (κ1) is 25.5. The quantitative estimate of drug-likeness (QED) is 0.153. The van der Waals surface area contributed by atoms with Crippen LogP contribution < -0.4 is 19.7 Å². The number of hydrogen-bond acceptors (Lipinski definition) is 7. The van der Waals surface area contributed by atoms with Gasteiger partial charge in [-0.1, -0.05) is 25.1 Å². The van der Waals surface area contributed by atoms with E-state index in [4.69, 9.17) is 21.7 Å². The molecule has 0 unspecified atom stereocenters. The number of hydrogen-bond donors (Lipinski definition) is 1. The Morgan fingerprint density at radius 3 is 2.30 bits per heavy atom. The minimum atomic E-state index is -0.589. The summed E-state index contributed by atoms with van der Waals surface area (Å²) in [5, 5.41) is 13.4. The normalized spacial score (nSPS) is 14.5. The van der Waals surface area contributed by atoms with E-state index in [-0.39, 0.29) is 23.0 Å². The van der Waals surface area contributed by atoms with Gasteiger partial charge in [-0.2, -0.15) is 0 Å². The van der Waals surface area contributed by atoms with Crippen molar-refractivity contribution in [3.8, 4) is 11.5 Å². The molecule has 1 aliphatic heterocycles. The zero-order chi connectivity index (χ0) is 26.5. The Morgan fingerprint density at radius 2 is 1.68 bits per heavy atom. The van der Waals surface area contributed by atoms with E-state index in [1.165, 1.54) is 30.2 Å². The molecule has 1 fully saturated rings. The van der Waals surface area contributed by atoms with Crippen molar-refractivity contribution in [2.45, 2.75) is 20.0 Å². The molecule has 9 nitrogen and oxygen atoms in total. The first-order chi connectivity index (χ1) is 17.8. The van der Waals surface area contributed by atoms with Gasteiger partial charge in [0, 0.05) is 12.1 Å². The van der Waals surface area contributed by atoms with E-state index in [2.05, 4.69) is 5.32 Å². The second kappa shape index (κ2) is 11.0. The Morgan fingerprint density at radius 1 is 1.00 bits per heavy atom. The van der Waals surface area contributed by atoms with Crippen LogP contribution in [0.1, 0.15) is 23.6 Å². The van der Waals surface area contributed by atoms with Gasteiger partial charge in [0.25, 0.3) is 17.5 Å². The summed E-state index contributed by atoms with van der Waals surface area (Å²) in [5.74, 6) is -0.298. The van der Waals surface area contributed by atoms with E-state index in [9.17, 15) is 19.7 Å². The van der Waals surface area contributed by atoms with Crippen molar-refractivity contribution in [2.24, 2.45) is 0 Å². The maximum Gasteiger partial charge on any atom is 0.270 e. The van der Waals surface area contributed by atoms with Crippen molar-refractivity contribution in [1.82, 2.24) is 5.32 Å². The highest BCUT2D eigenvalue weighted by Crippen LogP contribution is 2.31. The molecule has 3 aromatic rings. The molecule has 1 saturated heterocycles. The average Bonchev–Trinajstić information content (AvgIpc) is 2.90. The molecule has 2 amide bonds. The summed E-state index contributed by atoms with van der Waals surface area (Å²) in [7, 11) is 1.48. The highest BCUT2D eigenvalue weighted by Gasteiger charge is 2.34.